The Labute approximate surface area is 90.0 Å². The number of carbonyl (C=O) groups excluding carboxylic acids is 1. The summed E-state index contributed by atoms with van der Waals surface area (Å²) >= 11 is 1.09. The third-order valence-corrected chi connectivity index (χ3v) is 2.31. The van der Waals surface area contributed by atoms with Crippen LogP contribution in [0.1, 0.15) is 21.6 Å². The van der Waals surface area contributed by atoms with Gasteiger partial charge >= 0.3 is 11.9 Å². The van der Waals surface area contributed by atoms with Gasteiger partial charge in [0.05, 0.1) is 12.8 Å². The highest BCUT2D eigenvalue weighted by molar-refractivity contribution is 7.14. The van der Waals surface area contributed by atoms with Crippen molar-refractivity contribution in [2.75, 3.05) is 6.61 Å². The van der Waals surface area contributed by atoms with Gasteiger partial charge in [0.2, 0.25) is 0 Å². The smallest absolute Gasteiger partial charge is 0.349 e. The maximum absolute atomic E-state index is 11.2. The zero-order chi connectivity index (χ0) is 11.3. The standard InChI is InChI=1S/C9H9NO4S/c1-2-14-9(13)6-5-10-7(15-6)3-4-8(11)12/h3-5H,2H2,1H3,(H,11,12). The summed E-state index contributed by atoms with van der Waals surface area (Å²) in [6.45, 7) is 2.02. The van der Waals surface area contributed by atoms with Crippen LogP contribution in [0.3, 0.4) is 0 Å². The highest BCUT2D eigenvalue weighted by Gasteiger charge is 2.09. The van der Waals surface area contributed by atoms with Crippen LogP contribution in [-0.4, -0.2) is 28.6 Å². The quantitative estimate of drug-likeness (QED) is 0.621. The van der Waals surface area contributed by atoms with Crippen LogP contribution in [0.2, 0.25) is 0 Å². The summed E-state index contributed by atoms with van der Waals surface area (Å²) < 4.78 is 4.76. The maximum atomic E-state index is 11.2. The summed E-state index contributed by atoms with van der Waals surface area (Å²) in [6, 6.07) is 0. The van der Waals surface area contributed by atoms with E-state index in [1.165, 1.54) is 12.3 Å². The summed E-state index contributed by atoms with van der Waals surface area (Å²) in [5.74, 6) is -1.49. The fraction of sp³-hybridized carbons (Fsp3) is 0.222. The van der Waals surface area contributed by atoms with Crippen LogP contribution in [0.25, 0.3) is 6.08 Å². The van der Waals surface area contributed by atoms with Crippen molar-refractivity contribution >= 4 is 29.4 Å². The number of carbonyl (C=O) groups is 2. The van der Waals surface area contributed by atoms with Gasteiger partial charge in [-0.3, -0.25) is 0 Å². The largest absolute Gasteiger partial charge is 0.478 e. The summed E-state index contributed by atoms with van der Waals surface area (Å²) in [6.07, 6.45) is 3.66. The maximum Gasteiger partial charge on any atom is 0.349 e. The predicted molar refractivity (Wildman–Crippen MR) is 54.7 cm³/mol. The van der Waals surface area contributed by atoms with Crippen molar-refractivity contribution in [2.24, 2.45) is 0 Å². The van der Waals surface area contributed by atoms with E-state index in [1.807, 2.05) is 0 Å². The molecule has 80 valence electrons. The fourth-order valence-corrected chi connectivity index (χ4v) is 1.52. The first-order valence-electron chi connectivity index (χ1n) is 4.17. The lowest BCUT2D eigenvalue weighted by atomic mass is 10.5. The van der Waals surface area contributed by atoms with Gasteiger partial charge in [-0.15, -0.1) is 11.3 Å². The summed E-state index contributed by atoms with van der Waals surface area (Å²) in [4.78, 5) is 25.6. The van der Waals surface area contributed by atoms with Gasteiger partial charge in [0.25, 0.3) is 0 Å². The third kappa shape index (κ3) is 3.51. The first-order chi connectivity index (χ1) is 7.13. The predicted octanol–water partition coefficient (Wildman–Crippen LogP) is 1.42. The van der Waals surface area contributed by atoms with Crippen molar-refractivity contribution in [3.8, 4) is 0 Å². The number of hydrogen-bond donors (Lipinski definition) is 1. The second kappa shape index (κ2) is 5.26. The Morgan fingerprint density at radius 2 is 2.40 bits per heavy atom. The molecule has 0 aliphatic carbocycles. The zero-order valence-electron chi connectivity index (χ0n) is 7.97. The van der Waals surface area contributed by atoms with Gasteiger partial charge in [0.1, 0.15) is 9.88 Å². The van der Waals surface area contributed by atoms with Crippen LogP contribution in [0.15, 0.2) is 12.3 Å². The van der Waals surface area contributed by atoms with Gasteiger partial charge in [-0.2, -0.15) is 0 Å². The fourth-order valence-electron chi connectivity index (χ4n) is 0.804. The molecule has 0 aromatic carbocycles. The molecule has 1 aromatic heterocycles. The topological polar surface area (TPSA) is 76.5 Å². The number of carboxylic acid groups (broad SMARTS) is 1. The molecule has 1 aromatic rings. The summed E-state index contributed by atoms with van der Waals surface area (Å²) in [5.41, 5.74) is 0. The molecular formula is C9H9NO4S. The first kappa shape index (κ1) is 11.4. The summed E-state index contributed by atoms with van der Waals surface area (Å²) in [5, 5.41) is 8.83. The Bertz CT molecular complexity index is 397. The number of aliphatic carboxylic acids is 1. The van der Waals surface area contributed by atoms with Crippen LogP contribution in [0.5, 0.6) is 0 Å². The average Bonchev–Trinajstić information content (AvgIpc) is 2.63. The van der Waals surface area contributed by atoms with E-state index in [1.54, 1.807) is 6.92 Å². The number of nitrogens with zero attached hydrogens (tertiary/aromatic N) is 1. The molecule has 0 aliphatic rings. The van der Waals surface area contributed by atoms with Crippen LogP contribution >= 0.6 is 11.3 Å². The Morgan fingerprint density at radius 1 is 1.67 bits per heavy atom. The molecular weight excluding hydrogens is 218 g/mol. The molecule has 0 radical (unpaired) electrons. The molecule has 1 N–H and O–H groups in total. The lowest BCUT2D eigenvalue weighted by molar-refractivity contribution is -0.131. The molecule has 0 unspecified atom stereocenters. The molecule has 15 heavy (non-hydrogen) atoms. The Kier molecular flexibility index (Phi) is 3.99. The second-order valence-electron chi connectivity index (χ2n) is 2.45. The number of rotatable bonds is 4. The third-order valence-electron chi connectivity index (χ3n) is 1.37. The highest BCUT2D eigenvalue weighted by Crippen LogP contribution is 2.15. The van der Waals surface area contributed by atoms with Crippen LogP contribution in [0, 0.1) is 0 Å². The molecule has 0 saturated heterocycles. The Morgan fingerprint density at radius 3 is 3.00 bits per heavy atom. The normalized spacial score (nSPS) is 10.5. The SMILES string of the molecule is CCOC(=O)c1cnc(C=CC(=O)O)s1. The minimum atomic E-state index is -1.05. The lowest BCUT2D eigenvalue weighted by Gasteiger charge is -1.95. The highest BCUT2D eigenvalue weighted by atomic mass is 32.1. The van der Waals surface area contributed by atoms with Crippen LogP contribution < -0.4 is 0 Å². The monoisotopic (exact) mass is 227 g/mol. The van der Waals surface area contributed by atoms with E-state index < -0.39 is 11.9 Å². The summed E-state index contributed by atoms with van der Waals surface area (Å²) in [7, 11) is 0. The number of carboxylic acids is 1. The molecule has 0 amide bonds. The van der Waals surface area contributed by atoms with E-state index >= 15 is 0 Å². The van der Waals surface area contributed by atoms with Crippen LogP contribution in [0.4, 0.5) is 0 Å². The molecule has 5 nitrogen and oxygen atoms in total. The molecule has 6 heteroatoms. The van der Waals surface area contributed by atoms with E-state index in [9.17, 15) is 9.59 Å². The molecule has 1 rings (SSSR count). The Hall–Kier alpha value is -1.69. The van der Waals surface area contributed by atoms with Crippen LogP contribution in [-0.2, 0) is 9.53 Å². The van der Waals surface area contributed by atoms with Gasteiger partial charge in [-0.1, -0.05) is 0 Å². The number of thiazole rings is 1. The number of ether oxygens (including phenoxy) is 1. The molecule has 0 fully saturated rings. The van der Waals surface area contributed by atoms with Crippen molar-refractivity contribution in [2.45, 2.75) is 6.92 Å². The molecule has 0 bridgehead atoms. The average molecular weight is 227 g/mol. The van der Waals surface area contributed by atoms with E-state index in [-0.39, 0.29) is 0 Å². The minimum absolute atomic E-state index is 0.303. The van der Waals surface area contributed by atoms with Gasteiger partial charge in [-0.25, -0.2) is 14.6 Å². The first-order valence-corrected chi connectivity index (χ1v) is 4.99. The van der Waals surface area contributed by atoms with E-state index in [0.29, 0.717) is 16.5 Å². The van der Waals surface area contributed by atoms with E-state index in [2.05, 4.69) is 4.98 Å². The minimum Gasteiger partial charge on any atom is -0.478 e. The molecule has 0 aliphatic heterocycles. The van der Waals surface area contributed by atoms with Crippen molar-refractivity contribution in [3.05, 3.63) is 22.2 Å². The van der Waals surface area contributed by atoms with Crippen molar-refractivity contribution in [1.82, 2.24) is 4.98 Å². The lowest BCUT2D eigenvalue weighted by Crippen LogP contribution is -2.01. The molecule has 0 spiro atoms. The van der Waals surface area contributed by atoms with Gasteiger partial charge < -0.3 is 9.84 Å². The van der Waals surface area contributed by atoms with Crippen molar-refractivity contribution in [1.29, 1.82) is 0 Å². The van der Waals surface area contributed by atoms with Gasteiger partial charge in [0.15, 0.2) is 0 Å². The number of aromatic nitrogens is 1. The van der Waals surface area contributed by atoms with Crippen molar-refractivity contribution in [3.63, 3.8) is 0 Å². The van der Waals surface area contributed by atoms with E-state index in [4.69, 9.17) is 9.84 Å². The zero-order valence-corrected chi connectivity index (χ0v) is 8.78. The molecule has 1 heterocycles. The Balaban J connectivity index is 2.72. The number of hydrogen-bond acceptors (Lipinski definition) is 5. The van der Waals surface area contributed by atoms with Gasteiger partial charge in [0, 0.05) is 6.08 Å². The van der Waals surface area contributed by atoms with Gasteiger partial charge in [-0.05, 0) is 13.0 Å². The van der Waals surface area contributed by atoms with E-state index in [0.717, 1.165) is 17.4 Å². The second-order valence-corrected chi connectivity index (χ2v) is 3.52. The number of esters is 1. The molecule has 0 atom stereocenters. The van der Waals surface area contributed by atoms with Crippen molar-refractivity contribution < 1.29 is 19.4 Å². The molecule has 0 saturated carbocycles.